The lowest BCUT2D eigenvalue weighted by Gasteiger charge is -2.31. The average molecular weight is 316 g/mol. The number of rotatable bonds is 5. The summed E-state index contributed by atoms with van der Waals surface area (Å²) < 4.78 is 0. The molecule has 0 saturated heterocycles. The molecule has 1 aliphatic rings. The van der Waals surface area contributed by atoms with Crippen LogP contribution in [-0.4, -0.2) is 23.0 Å². The van der Waals surface area contributed by atoms with Gasteiger partial charge in [0.05, 0.1) is 10.0 Å². The van der Waals surface area contributed by atoms with Gasteiger partial charge >= 0.3 is 0 Å². The number of carbonyl (C=O) groups is 1. The van der Waals surface area contributed by atoms with E-state index >= 15 is 0 Å². The fourth-order valence-electron chi connectivity index (χ4n) is 2.69. The molecule has 1 aromatic carbocycles. The molecule has 1 unspecified atom stereocenters. The third-order valence-electron chi connectivity index (χ3n) is 3.96. The molecule has 1 amide bonds. The van der Waals surface area contributed by atoms with Crippen LogP contribution in [0.5, 0.6) is 0 Å². The van der Waals surface area contributed by atoms with Gasteiger partial charge in [0.1, 0.15) is 0 Å². The van der Waals surface area contributed by atoms with E-state index in [2.05, 4.69) is 6.92 Å². The van der Waals surface area contributed by atoms with Crippen LogP contribution in [0, 0.1) is 0 Å². The second-order valence-corrected chi connectivity index (χ2v) is 6.12. The van der Waals surface area contributed by atoms with Crippen LogP contribution in [-0.2, 0) is 5.72 Å². The lowest BCUT2D eigenvalue weighted by molar-refractivity contribution is -0.0800. The monoisotopic (exact) mass is 315 g/mol. The second-order valence-electron chi connectivity index (χ2n) is 5.30. The number of hydrogen-bond acceptors (Lipinski definition) is 2. The molecule has 1 aromatic rings. The predicted molar refractivity (Wildman–Crippen MR) is 81.2 cm³/mol. The molecule has 1 atom stereocenters. The molecule has 1 aliphatic heterocycles. The van der Waals surface area contributed by atoms with E-state index < -0.39 is 5.72 Å². The first kappa shape index (κ1) is 15.6. The zero-order valence-electron chi connectivity index (χ0n) is 11.7. The van der Waals surface area contributed by atoms with Crippen molar-refractivity contribution < 1.29 is 9.90 Å². The normalized spacial score (nSPS) is 21.4. The molecule has 5 heteroatoms. The van der Waals surface area contributed by atoms with Crippen LogP contribution in [0.3, 0.4) is 0 Å². The summed E-state index contributed by atoms with van der Waals surface area (Å²) in [6.45, 7) is 2.14. The molecule has 0 fully saturated rings. The average Bonchev–Trinajstić information content (AvgIpc) is 2.59. The summed E-state index contributed by atoms with van der Waals surface area (Å²) in [5.41, 5.74) is -0.259. The number of amides is 1. The molecule has 20 heavy (non-hydrogen) atoms. The number of aliphatic hydroxyl groups is 1. The Morgan fingerprint density at radius 2 is 1.85 bits per heavy atom. The first-order chi connectivity index (χ1) is 9.41. The number of hydrogen-bond donors (Lipinski definition) is 1. The van der Waals surface area contributed by atoms with Crippen molar-refractivity contribution >= 4 is 29.1 Å². The van der Waals surface area contributed by atoms with E-state index in [1.165, 1.54) is 4.90 Å². The Bertz CT molecular complexity index is 533. The summed E-state index contributed by atoms with van der Waals surface area (Å²) in [5, 5.41) is 11.6. The molecule has 0 aliphatic carbocycles. The number of benzene rings is 1. The van der Waals surface area contributed by atoms with E-state index in [-0.39, 0.29) is 5.91 Å². The highest BCUT2D eigenvalue weighted by Gasteiger charge is 2.46. The molecule has 0 aromatic heterocycles. The minimum Gasteiger partial charge on any atom is -0.367 e. The molecule has 0 bridgehead atoms. The molecule has 2 rings (SSSR count). The Kier molecular flexibility index (Phi) is 4.62. The summed E-state index contributed by atoms with van der Waals surface area (Å²) in [7, 11) is 1.62. The smallest absolute Gasteiger partial charge is 0.256 e. The Morgan fingerprint density at radius 3 is 2.50 bits per heavy atom. The summed E-state index contributed by atoms with van der Waals surface area (Å²) >= 11 is 12.0. The van der Waals surface area contributed by atoms with E-state index in [0.29, 0.717) is 27.6 Å². The predicted octanol–water partition coefficient (Wildman–Crippen LogP) is 4.19. The number of nitrogens with zero attached hydrogens (tertiary/aromatic N) is 1. The SMILES string of the molecule is CCCCCCC1(O)c2cc(Cl)c(Cl)cc2C(=O)N1C. The van der Waals surface area contributed by atoms with Gasteiger partial charge in [-0.05, 0) is 25.0 Å². The molecule has 0 saturated carbocycles. The molecule has 0 radical (unpaired) electrons. The van der Waals surface area contributed by atoms with Crippen LogP contribution in [0.1, 0.15) is 54.9 Å². The first-order valence-electron chi connectivity index (χ1n) is 6.92. The zero-order chi connectivity index (χ0) is 14.9. The maximum absolute atomic E-state index is 12.2. The number of fused-ring (bicyclic) bond motifs is 1. The maximum Gasteiger partial charge on any atom is 0.256 e. The van der Waals surface area contributed by atoms with Gasteiger partial charge in [0.2, 0.25) is 0 Å². The van der Waals surface area contributed by atoms with Crippen LogP contribution >= 0.6 is 23.2 Å². The quantitative estimate of drug-likeness (QED) is 0.827. The van der Waals surface area contributed by atoms with Crippen molar-refractivity contribution in [1.82, 2.24) is 4.90 Å². The standard InChI is InChI=1S/C15H19Cl2NO2/c1-3-4-5-6-7-15(20)11-9-13(17)12(16)8-10(11)14(19)18(15)2/h8-9,20H,3-7H2,1-2H3. The maximum atomic E-state index is 12.2. The Morgan fingerprint density at radius 1 is 1.20 bits per heavy atom. The van der Waals surface area contributed by atoms with E-state index in [1.807, 2.05) is 0 Å². The number of halogens is 2. The number of carbonyl (C=O) groups excluding carboxylic acids is 1. The van der Waals surface area contributed by atoms with Crippen LogP contribution in [0.15, 0.2) is 12.1 Å². The van der Waals surface area contributed by atoms with Crippen molar-refractivity contribution in [2.45, 2.75) is 44.8 Å². The Labute approximate surface area is 129 Å². The topological polar surface area (TPSA) is 40.5 Å². The highest BCUT2D eigenvalue weighted by Crippen LogP contribution is 2.42. The highest BCUT2D eigenvalue weighted by atomic mass is 35.5. The lowest BCUT2D eigenvalue weighted by Crippen LogP contribution is -2.40. The van der Waals surface area contributed by atoms with Gasteiger partial charge in [0, 0.05) is 18.2 Å². The van der Waals surface area contributed by atoms with Crippen molar-refractivity contribution in [3.63, 3.8) is 0 Å². The van der Waals surface area contributed by atoms with E-state index in [1.54, 1.807) is 19.2 Å². The molecule has 3 nitrogen and oxygen atoms in total. The van der Waals surface area contributed by atoms with Gasteiger partial charge in [-0.1, -0.05) is 49.4 Å². The van der Waals surface area contributed by atoms with Gasteiger partial charge in [-0.15, -0.1) is 0 Å². The van der Waals surface area contributed by atoms with E-state index in [9.17, 15) is 9.90 Å². The van der Waals surface area contributed by atoms with Gasteiger partial charge in [-0.3, -0.25) is 4.79 Å². The molecule has 1 heterocycles. The summed E-state index contributed by atoms with van der Waals surface area (Å²) in [5.74, 6) is -0.212. The lowest BCUT2D eigenvalue weighted by atomic mass is 9.95. The summed E-state index contributed by atoms with van der Waals surface area (Å²) in [6, 6.07) is 3.16. The van der Waals surface area contributed by atoms with Gasteiger partial charge in [0.15, 0.2) is 5.72 Å². The van der Waals surface area contributed by atoms with Crippen LogP contribution in [0.2, 0.25) is 10.0 Å². The number of unbranched alkanes of at least 4 members (excludes halogenated alkanes) is 3. The van der Waals surface area contributed by atoms with Crippen LogP contribution in [0.25, 0.3) is 0 Å². The minimum absolute atomic E-state index is 0.212. The Hall–Kier alpha value is -0.770. The second kappa shape index (κ2) is 5.92. The van der Waals surface area contributed by atoms with Crippen molar-refractivity contribution in [2.75, 3.05) is 7.05 Å². The third-order valence-corrected chi connectivity index (χ3v) is 4.68. The summed E-state index contributed by atoms with van der Waals surface area (Å²) in [6.07, 6.45) is 4.67. The Balaban J connectivity index is 2.31. The van der Waals surface area contributed by atoms with Crippen molar-refractivity contribution in [3.05, 3.63) is 33.3 Å². The fourth-order valence-corrected chi connectivity index (χ4v) is 3.01. The molecule has 1 N–H and O–H groups in total. The molecule has 0 spiro atoms. The van der Waals surface area contributed by atoms with Gasteiger partial charge in [0.25, 0.3) is 5.91 Å². The van der Waals surface area contributed by atoms with E-state index in [4.69, 9.17) is 23.2 Å². The van der Waals surface area contributed by atoms with E-state index in [0.717, 1.165) is 25.7 Å². The molecular formula is C15H19Cl2NO2. The highest BCUT2D eigenvalue weighted by molar-refractivity contribution is 6.42. The van der Waals surface area contributed by atoms with Crippen molar-refractivity contribution in [3.8, 4) is 0 Å². The van der Waals surface area contributed by atoms with Crippen molar-refractivity contribution in [2.24, 2.45) is 0 Å². The van der Waals surface area contributed by atoms with Crippen LogP contribution < -0.4 is 0 Å². The van der Waals surface area contributed by atoms with Gasteiger partial charge in [-0.2, -0.15) is 0 Å². The zero-order valence-corrected chi connectivity index (χ0v) is 13.3. The van der Waals surface area contributed by atoms with Crippen molar-refractivity contribution in [1.29, 1.82) is 0 Å². The fraction of sp³-hybridized carbons (Fsp3) is 0.533. The largest absolute Gasteiger partial charge is 0.367 e. The minimum atomic E-state index is -1.27. The summed E-state index contributed by atoms with van der Waals surface area (Å²) in [4.78, 5) is 13.6. The molecule has 110 valence electrons. The van der Waals surface area contributed by atoms with Crippen LogP contribution in [0.4, 0.5) is 0 Å². The third kappa shape index (κ3) is 2.54. The van der Waals surface area contributed by atoms with Gasteiger partial charge in [-0.25, -0.2) is 0 Å². The molecular weight excluding hydrogens is 297 g/mol. The van der Waals surface area contributed by atoms with Gasteiger partial charge < -0.3 is 10.0 Å². The first-order valence-corrected chi connectivity index (χ1v) is 7.67.